The summed E-state index contributed by atoms with van der Waals surface area (Å²) in [5, 5.41) is 0. The van der Waals surface area contributed by atoms with Crippen LogP contribution in [0.5, 0.6) is 0 Å². The highest BCUT2D eigenvalue weighted by atomic mass is 31.2. The van der Waals surface area contributed by atoms with Gasteiger partial charge in [0.2, 0.25) is 0 Å². The third kappa shape index (κ3) is 8.36. The molecule has 0 spiro atoms. The molecule has 1 atom stereocenters. The Morgan fingerprint density at radius 2 is 1.71 bits per heavy atom. The maximum atomic E-state index is 12.0. The molecule has 0 saturated heterocycles. The largest absolute Gasteiger partial charge is 0.465 e. The summed E-state index contributed by atoms with van der Waals surface area (Å²) in [6.07, 6.45) is 3.17. The van der Waals surface area contributed by atoms with Crippen LogP contribution >= 0.6 is 7.60 Å². The van der Waals surface area contributed by atoms with Crippen molar-refractivity contribution < 1.29 is 23.1 Å². The summed E-state index contributed by atoms with van der Waals surface area (Å²) in [7, 11) is -2.03. The monoisotopic (exact) mass is 266 g/mol. The van der Waals surface area contributed by atoms with E-state index >= 15 is 0 Å². The predicted octanol–water partition coefficient (Wildman–Crippen LogP) is 2.99. The summed E-state index contributed by atoms with van der Waals surface area (Å²) in [5.74, 6) is -0.528. The molecule has 0 bridgehead atoms. The third-order valence-electron chi connectivity index (χ3n) is 2.15. The lowest BCUT2D eigenvalue weighted by Gasteiger charge is -2.15. The van der Waals surface area contributed by atoms with Crippen molar-refractivity contribution in [3.05, 3.63) is 0 Å². The summed E-state index contributed by atoms with van der Waals surface area (Å²) in [5.41, 5.74) is 0. The maximum absolute atomic E-state index is 12.0. The zero-order valence-corrected chi connectivity index (χ0v) is 11.8. The standard InChI is InChI=1S/C11H23O5P/c1-4-6-8-15-11(12)10-17(13,14-3)16-9-7-5-2/h4-10H2,1-3H3. The van der Waals surface area contributed by atoms with E-state index in [2.05, 4.69) is 0 Å². The van der Waals surface area contributed by atoms with E-state index in [1.165, 1.54) is 7.11 Å². The van der Waals surface area contributed by atoms with Crippen LogP contribution in [0, 0.1) is 0 Å². The van der Waals surface area contributed by atoms with Gasteiger partial charge in [0.1, 0.15) is 6.16 Å². The molecule has 0 rings (SSSR count). The molecular weight excluding hydrogens is 243 g/mol. The van der Waals surface area contributed by atoms with Crippen molar-refractivity contribution in [3.63, 3.8) is 0 Å². The average molecular weight is 266 g/mol. The van der Waals surface area contributed by atoms with E-state index in [0.29, 0.717) is 13.2 Å². The fourth-order valence-electron chi connectivity index (χ4n) is 1.04. The molecular formula is C11H23O5P. The second-order valence-electron chi connectivity index (χ2n) is 3.71. The van der Waals surface area contributed by atoms with Crippen LogP contribution in [0.15, 0.2) is 0 Å². The zero-order valence-electron chi connectivity index (χ0n) is 10.9. The lowest BCUT2D eigenvalue weighted by atomic mass is 10.4. The van der Waals surface area contributed by atoms with E-state index in [9.17, 15) is 9.36 Å². The summed E-state index contributed by atoms with van der Waals surface area (Å²) in [6, 6.07) is 0. The van der Waals surface area contributed by atoms with Crippen LogP contribution in [0.2, 0.25) is 0 Å². The number of ether oxygens (including phenoxy) is 1. The van der Waals surface area contributed by atoms with E-state index in [-0.39, 0.29) is 6.16 Å². The Balaban J connectivity index is 3.99. The minimum Gasteiger partial charge on any atom is -0.465 e. The average Bonchev–Trinajstić information content (AvgIpc) is 2.30. The zero-order chi connectivity index (χ0) is 13.1. The second kappa shape index (κ2) is 9.63. The Bertz CT molecular complexity index is 254. The van der Waals surface area contributed by atoms with Crippen molar-refractivity contribution in [2.45, 2.75) is 39.5 Å². The molecule has 102 valence electrons. The first-order valence-electron chi connectivity index (χ1n) is 6.03. The van der Waals surface area contributed by atoms with Gasteiger partial charge >= 0.3 is 13.6 Å². The topological polar surface area (TPSA) is 61.8 Å². The first-order chi connectivity index (χ1) is 8.08. The lowest BCUT2D eigenvalue weighted by Crippen LogP contribution is -2.13. The molecule has 0 radical (unpaired) electrons. The van der Waals surface area contributed by atoms with Gasteiger partial charge in [0, 0.05) is 7.11 Å². The number of esters is 1. The molecule has 0 N–H and O–H groups in total. The van der Waals surface area contributed by atoms with Crippen molar-refractivity contribution in [1.29, 1.82) is 0 Å². The Morgan fingerprint density at radius 1 is 1.12 bits per heavy atom. The number of hydrogen-bond acceptors (Lipinski definition) is 5. The van der Waals surface area contributed by atoms with Gasteiger partial charge in [0.05, 0.1) is 13.2 Å². The summed E-state index contributed by atoms with van der Waals surface area (Å²) in [4.78, 5) is 11.4. The van der Waals surface area contributed by atoms with E-state index < -0.39 is 13.6 Å². The highest BCUT2D eigenvalue weighted by molar-refractivity contribution is 7.54. The number of carbonyl (C=O) groups excluding carboxylic acids is 1. The number of hydrogen-bond donors (Lipinski definition) is 0. The molecule has 0 amide bonds. The molecule has 0 aliphatic rings. The fourth-order valence-corrected chi connectivity index (χ4v) is 2.19. The van der Waals surface area contributed by atoms with Gasteiger partial charge in [-0.3, -0.25) is 9.36 Å². The van der Waals surface area contributed by atoms with Gasteiger partial charge in [-0.2, -0.15) is 0 Å². The van der Waals surface area contributed by atoms with Gasteiger partial charge in [-0.15, -0.1) is 0 Å². The Hall–Kier alpha value is -0.380. The molecule has 0 aromatic heterocycles. The molecule has 0 saturated carbocycles. The Kier molecular flexibility index (Phi) is 9.41. The number of unbranched alkanes of at least 4 members (excludes halogenated alkanes) is 2. The van der Waals surface area contributed by atoms with Gasteiger partial charge in [-0.1, -0.05) is 26.7 Å². The quantitative estimate of drug-likeness (QED) is 0.345. The SMILES string of the molecule is CCCCOC(=O)CP(=O)(OC)OCCCC. The molecule has 5 nitrogen and oxygen atoms in total. The summed E-state index contributed by atoms with van der Waals surface area (Å²) in [6.45, 7) is 4.69. The maximum Gasteiger partial charge on any atom is 0.341 e. The van der Waals surface area contributed by atoms with Crippen molar-refractivity contribution >= 4 is 13.6 Å². The number of carbonyl (C=O) groups is 1. The lowest BCUT2D eigenvalue weighted by molar-refractivity contribution is -0.140. The van der Waals surface area contributed by atoms with Gasteiger partial charge in [-0.05, 0) is 12.8 Å². The second-order valence-corrected chi connectivity index (χ2v) is 5.87. The van der Waals surface area contributed by atoms with Crippen LogP contribution in [0.4, 0.5) is 0 Å². The van der Waals surface area contributed by atoms with Crippen molar-refractivity contribution in [2.24, 2.45) is 0 Å². The number of rotatable bonds is 10. The van der Waals surface area contributed by atoms with Crippen LogP contribution < -0.4 is 0 Å². The molecule has 0 heterocycles. The molecule has 0 aromatic carbocycles. The van der Waals surface area contributed by atoms with Crippen molar-refractivity contribution in [1.82, 2.24) is 0 Å². The van der Waals surface area contributed by atoms with Gasteiger partial charge < -0.3 is 13.8 Å². The Labute approximate surface area is 103 Å². The van der Waals surface area contributed by atoms with Crippen LogP contribution in [-0.2, 0) is 23.1 Å². The predicted molar refractivity (Wildman–Crippen MR) is 66.2 cm³/mol. The first-order valence-corrected chi connectivity index (χ1v) is 7.75. The van der Waals surface area contributed by atoms with E-state index in [0.717, 1.165) is 25.7 Å². The fraction of sp³-hybridized carbons (Fsp3) is 0.909. The van der Waals surface area contributed by atoms with Crippen LogP contribution in [0.25, 0.3) is 0 Å². The summed E-state index contributed by atoms with van der Waals surface area (Å²) < 4.78 is 26.8. The van der Waals surface area contributed by atoms with E-state index in [1.807, 2.05) is 13.8 Å². The van der Waals surface area contributed by atoms with Crippen molar-refractivity contribution in [2.75, 3.05) is 26.5 Å². The Morgan fingerprint density at radius 3 is 2.24 bits per heavy atom. The normalized spacial score (nSPS) is 14.3. The van der Waals surface area contributed by atoms with Gasteiger partial charge in [-0.25, -0.2) is 0 Å². The molecule has 0 aliphatic carbocycles. The van der Waals surface area contributed by atoms with Crippen LogP contribution in [-0.4, -0.2) is 32.5 Å². The molecule has 0 aromatic rings. The van der Waals surface area contributed by atoms with Crippen molar-refractivity contribution in [3.8, 4) is 0 Å². The first kappa shape index (κ1) is 16.6. The molecule has 17 heavy (non-hydrogen) atoms. The molecule has 0 aliphatic heterocycles. The highest BCUT2D eigenvalue weighted by Crippen LogP contribution is 2.47. The van der Waals surface area contributed by atoms with Crippen LogP contribution in [0.3, 0.4) is 0 Å². The van der Waals surface area contributed by atoms with Gasteiger partial charge in [0.15, 0.2) is 0 Å². The molecule has 6 heteroatoms. The summed E-state index contributed by atoms with van der Waals surface area (Å²) >= 11 is 0. The molecule has 0 fully saturated rings. The minimum atomic E-state index is -3.31. The minimum absolute atomic E-state index is 0.309. The highest BCUT2D eigenvalue weighted by Gasteiger charge is 2.27. The van der Waals surface area contributed by atoms with E-state index in [4.69, 9.17) is 13.8 Å². The van der Waals surface area contributed by atoms with Gasteiger partial charge in [0.25, 0.3) is 0 Å². The van der Waals surface area contributed by atoms with E-state index in [1.54, 1.807) is 0 Å². The third-order valence-corrected chi connectivity index (χ3v) is 3.93. The molecule has 1 unspecified atom stereocenters. The van der Waals surface area contributed by atoms with Crippen LogP contribution in [0.1, 0.15) is 39.5 Å². The smallest absolute Gasteiger partial charge is 0.341 e.